The van der Waals surface area contributed by atoms with Gasteiger partial charge in [0.05, 0.1) is 34.3 Å². The minimum atomic E-state index is -0.972. The number of hydrogen-bond acceptors (Lipinski definition) is 4. The molecule has 0 saturated heterocycles. The minimum absolute atomic E-state index is 0.236. The molecule has 2 aromatic carbocycles. The fourth-order valence-corrected chi connectivity index (χ4v) is 3.74. The number of para-hydroxylation sites is 3. The molecule has 1 aromatic heterocycles. The number of anilines is 2. The maximum atomic E-state index is 11.6. The first-order valence-electron chi connectivity index (χ1n) is 9.25. The van der Waals surface area contributed by atoms with Crippen molar-refractivity contribution in [3.63, 3.8) is 0 Å². The molecule has 0 bridgehead atoms. The van der Waals surface area contributed by atoms with Gasteiger partial charge in [-0.2, -0.15) is 5.26 Å². The van der Waals surface area contributed by atoms with Crippen LogP contribution in [0, 0.1) is 25.2 Å². The number of rotatable bonds is 4. The second-order valence-electron chi connectivity index (χ2n) is 6.96. The third-order valence-corrected chi connectivity index (χ3v) is 5.12. The van der Waals surface area contributed by atoms with Crippen molar-refractivity contribution < 1.29 is 9.90 Å². The van der Waals surface area contributed by atoms with Crippen molar-refractivity contribution in [3.8, 4) is 11.8 Å². The molecule has 0 saturated carbocycles. The van der Waals surface area contributed by atoms with Gasteiger partial charge < -0.3 is 20.3 Å². The summed E-state index contributed by atoms with van der Waals surface area (Å²) in [6.45, 7) is 3.85. The van der Waals surface area contributed by atoms with Crippen molar-refractivity contribution in [2.75, 3.05) is 10.6 Å². The smallest absolute Gasteiger partial charge is 0.337 e. The van der Waals surface area contributed by atoms with Crippen LogP contribution < -0.4 is 10.6 Å². The third kappa shape index (κ3) is 3.23. The highest BCUT2D eigenvalue weighted by Crippen LogP contribution is 2.32. The number of nitriles is 1. The van der Waals surface area contributed by atoms with Crippen LogP contribution in [0.2, 0.25) is 0 Å². The Bertz CT molecular complexity index is 1160. The Kier molecular flexibility index (Phi) is 4.57. The van der Waals surface area contributed by atoms with E-state index in [0.29, 0.717) is 11.3 Å². The first-order valence-corrected chi connectivity index (χ1v) is 9.25. The maximum absolute atomic E-state index is 11.6. The lowest BCUT2D eigenvalue weighted by atomic mass is 10.1. The van der Waals surface area contributed by atoms with Crippen LogP contribution in [0.4, 0.5) is 11.4 Å². The van der Waals surface area contributed by atoms with Crippen molar-refractivity contribution >= 4 is 23.4 Å². The van der Waals surface area contributed by atoms with Gasteiger partial charge in [-0.25, -0.2) is 4.79 Å². The minimum Gasteiger partial charge on any atom is -0.478 e. The van der Waals surface area contributed by atoms with E-state index in [1.165, 1.54) is 0 Å². The molecule has 0 spiro atoms. The SMILES string of the molecule is Cc1cc(/C=C(/C#N)C2Nc3ccccc3N2)c(C)n1-c1ccccc1C(=O)O. The van der Waals surface area contributed by atoms with Crippen LogP contribution in [0.25, 0.3) is 11.8 Å². The van der Waals surface area contributed by atoms with E-state index >= 15 is 0 Å². The molecule has 3 aromatic rings. The monoisotopic (exact) mass is 384 g/mol. The molecule has 0 amide bonds. The lowest BCUT2D eigenvalue weighted by Crippen LogP contribution is -2.23. The van der Waals surface area contributed by atoms with Gasteiger partial charge in [-0.1, -0.05) is 24.3 Å². The fraction of sp³-hybridized carbons (Fsp3) is 0.130. The molecule has 144 valence electrons. The molecule has 0 aliphatic carbocycles. The highest BCUT2D eigenvalue weighted by atomic mass is 16.4. The first-order chi connectivity index (χ1) is 14.0. The van der Waals surface area contributed by atoms with Gasteiger partial charge in [-0.15, -0.1) is 0 Å². The summed E-state index contributed by atoms with van der Waals surface area (Å²) >= 11 is 0. The van der Waals surface area contributed by atoms with Crippen LogP contribution in [0.1, 0.15) is 27.3 Å². The number of aromatic nitrogens is 1. The largest absolute Gasteiger partial charge is 0.478 e. The van der Waals surface area contributed by atoms with E-state index in [4.69, 9.17) is 0 Å². The average Bonchev–Trinajstić information content (AvgIpc) is 3.26. The molecule has 0 radical (unpaired) electrons. The number of hydrogen-bond donors (Lipinski definition) is 3. The number of benzene rings is 2. The zero-order valence-electron chi connectivity index (χ0n) is 16.1. The number of carboxylic acid groups (broad SMARTS) is 1. The molecular weight excluding hydrogens is 364 g/mol. The van der Waals surface area contributed by atoms with E-state index in [1.54, 1.807) is 18.2 Å². The van der Waals surface area contributed by atoms with Crippen LogP contribution in [0.3, 0.4) is 0 Å². The summed E-state index contributed by atoms with van der Waals surface area (Å²) in [5, 5.41) is 25.9. The summed E-state index contributed by atoms with van der Waals surface area (Å²) in [6, 6.07) is 19.0. The van der Waals surface area contributed by atoms with Crippen LogP contribution in [-0.2, 0) is 0 Å². The molecule has 2 heterocycles. The maximum Gasteiger partial charge on any atom is 0.337 e. The molecule has 1 aliphatic heterocycles. The molecular formula is C23H20N4O2. The second-order valence-corrected chi connectivity index (χ2v) is 6.96. The summed E-state index contributed by atoms with van der Waals surface area (Å²) < 4.78 is 1.91. The van der Waals surface area contributed by atoms with Crippen molar-refractivity contribution in [1.29, 1.82) is 5.26 Å². The van der Waals surface area contributed by atoms with Gasteiger partial charge in [0.1, 0.15) is 6.17 Å². The number of carbonyl (C=O) groups is 1. The molecule has 0 unspecified atom stereocenters. The Labute approximate surface area is 168 Å². The van der Waals surface area contributed by atoms with E-state index in [9.17, 15) is 15.2 Å². The first kappa shape index (κ1) is 18.4. The number of carboxylic acids is 1. The highest BCUT2D eigenvalue weighted by molar-refractivity contribution is 5.92. The topological polar surface area (TPSA) is 90.1 Å². The van der Waals surface area contributed by atoms with Crippen LogP contribution in [-0.4, -0.2) is 21.8 Å². The van der Waals surface area contributed by atoms with Crippen molar-refractivity contribution in [3.05, 3.63) is 82.7 Å². The molecule has 6 nitrogen and oxygen atoms in total. The Balaban J connectivity index is 1.73. The van der Waals surface area contributed by atoms with Crippen LogP contribution >= 0.6 is 0 Å². The summed E-state index contributed by atoms with van der Waals surface area (Å²) in [5.41, 5.74) is 5.96. The lowest BCUT2D eigenvalue weighted by molar-refractivity contribution is 0.0697. The Morgan fingerprint density at radius 2 is 1.72 bits per heavy atom. The summed E-state index contributed by atoms with van der Waals surface area (Å²) in [5.74, 6) is -0.972. The highest BCUT2D eigenvalue weighted by Gasteiger charge is 2.23. The summed E-state index contributed by atoms with van der Waals surface area (Å²) in [6.07, 6.45) is 1.53. The number of nitrogens with zero attached hydrogens (tertiary/aromatic N) is 2. The summed E-state index contributed by atoms with van der Waals surface area (Å²) in [4.78, 5) is 11.6. The molecule has 1 aliphatic rings. The molecule has 0 fully saturated rings. The molecule has 0 atom stereocenters. The zero-order chi connectivity index (χ0) is 20.5. The third-order valence-electron chi connectivity index (χ3n) is 5.12. The van der Waals surface area contributed by atoms with Gasteiger partial charge in [0.15, 0.2) is 0 Å². The second kappa shape index (κ2) is 7.21. The predicted molar refractivity (Wildman–Crippen MR) is 113 cm³/mol. The van der Waals surface area contributed by atoms with Gasteiger partial charge in [-0.05, 0) is 55.8 Å². The van der Waals surface area contributed by atoms with Crippen LogP contribution in [0.15, 0.2) is 60.2 Å². The lowest BCUT2D eigenvalue weighted by Gasteiger charge is -2.13. The quantitative estimate of drug-likeness (QED) is 0.574. The average molecular weight is 384 g/mol. The predicted octanol–water partition coefficient (Wildman–Crippen LogP) is 4.56. The van der Waals surface area contributed by atoms with Gasteiger partial charge in [0.25, 0.3) is 0 Å². The number of fused-ring (bicyclic) bond motifs is 1. The Morgan fingerprint density at radius 1 is 1.10 bits per heavy atom. The van der Waals surface area contributed by atoms with E-state index in [-0.39, 0.29) is 11.7 Å². The molecule has 6 heteroatoms. The van der Waals surface area contributed by atoms with E-state index in [0.717, 1.165) is 28.3 Å². The Hall–Kier alpha value is -3.98. The molecule has 4 rings (SSSR count). The molecule has 29 heavy (non-hydrogen) atoms. The van der Waals surface area contributed by atoms with Crippen LogP contribution in [0.5, 0.6) is 0 Å². The summed E-state index contributed by atoms with van der Waals surface area (Å²) in [7, 11) is 0. The fourth-order valence-electron chi connectivity index (χ4n) is 3.74. The van der Waals surface area contributed by atoms with Crippen molar-refractivity contribution in [1.82, 2.24) is 4.57 Å². The molecule has 3 N–H and O–H groups in total. The number of nitrogens with one attached hydrogen (secondary N) is 2. The van der Waals surface area contributed by atoms with E-state index in [2.05, 4.69) is 16.7 Å². The van der Waals surface area contributed by atoms with Gasteiger partial charge >= 0.3 is 5.97 Å². The van der Waals surface area contributed by atoms with Crippen molar-refractivity contribution in [2.24, 2.45) is 0 Å². The van der Waals surface area contributed by atoms with E-state index in [1.807, 2.05) is 60.9 Å². The van der Waals surface area contributed by atoms with Gasteiger partial charge in [0.2, 0.25) is 0 Å². The standard InChI is InChI=1S/C23H20N4O2/c1-14-11-16(15(2)27(14)21-10-6-3-7-18(21)23(28)29)12-17(13-24)22-25-19-8-4-5-9-20(19)26-22/h3-12,22,25-26H,1-2H3,(H,28,29)/b17-12-. The number of aromatic carboxylic acids is 1. The zero-order valence-corrected chi connectivity index (χ0v) is 16.1. The number of aryl methyl sites for hydroxylation is 1. The van der Waals surface area contributed by atoms with Crippen molar-refractivity contribution in [2.45, 2.75) is 20.0 Å². The normalized spacial score (nSPS) is 13.3. The van der Waals surface area contributed by atoms with Gasteiger partial charge in [-0.3, -0.25) is 0 Å². The Morgan fingerprint density at radius 3 is 2.34 bits per heavy atom. The van der Waals surface area contributed by atoms with E-state index < -0.39 is 5.97 Å². The van der Waals surface area contributed by atoms with Gasteiger partial charge in [0, 0.05) is 11.4 Å².